The lowest BCUT2D eigenvalue weighted by Crippen LogP contribution is -2.55. The average molecular weight is 653 g/mol. The fourth-order valence-corrected chi connectivity index (χ4v) is 6.83. The van der Waals surface area contributed by atoms with E-state index in [1.165, 1.54) is 11.3 Å². The molecule has 1 saturated heterocycles. The standard InChI is InChI=1S/C32H31Cl2N5O4S/c1-4-42-25-13-18-44-29(25)30-35-27(21-5-9-23(33)10-6-21)28(22-7-11-24(34)12-8-22)39(30)32(41)38-16-14-37(15-17-38)31(40)26-19(2)36-43-20(26)3/h5-13,18,27-28H,4,14-17H2,1-3H3/t27-,28+/m0/s1. The van der Waals surface area contributed by atoms with Gasteiger partial charge in [-0.2, -0.15) is 0 Å². The van der Waals surface area contributed by atoms with Gasteiger partial charge in [0.2, 0.25) is 0 Å². The molecule has 0 aliphatic carbocycles. The number of carbonyl (C=O) groups excluding carboxylic acids is 2. The summed E-state index contributed by atoms with van der Waals surface area (Å²) in [6.45, 7) is 7.38. The number of piperazine rings is 1. The molecule has 0 radical (unpaired) electrons. The van der Waals surface area contributed by atoms with Crippen molar-refractivity contribution in [2.24, 2.45) is 4.99 Å². The zero-order chi connectivity index (χ0) is 31.0. The molecule has 0 N–H and O–H groups in total. The summed E-state index contributed by atoms with van der Waals surface area (Å²) < 4.78 is 11.2. The molecule has 1 fully saturated rings. The van der Waals surface area contributed by atoms with Gasteiger partial charge >= 0.3 is 6.03 Å². The number of benzene rings is 2. The minimum Gasteiger partial charge on any atom is -0.492 e. The van der Waals surface area contributed by atoms with Crippen LogP contribution in [-0.4, -0.2) is 70.4 Å². The van der Waals surface area contributed by atoms with E-state index in [-0.39, 0.29) is 11.9 Å². The van der Waals surface area contributed by atoms with Gasteiger partial charge in [-0.15, -0.1) is 11.3 Å². The summed E-state index contributed by atoms with van der Waals surface area (Å²) >= 11 is 14.0. The topological polar surface area (TPSA) is 91.5 Å². The summed E-state index contributed by atoms with van der Waals surface area (Å²) in [5.74, 6) is 1.57. The zero-order valence-electron chi connectivity index (χ0n) is 24.5. The third-order valence-electron chi connectivity index (χ3n) is 7.91. The maximum atomic E-state index is 14.6. The van der Waals surface area contributed by atoms with E-state index in [1.54, 1.807) is 28.5 Å². The van der Waals surface area contributed by atoms with Gasteiger partial charge in [0.05, 0.1) is 18.3 Å². The van der Waals surface area contributed by atoms with Gasteiger partial charge in [0.25, 0.3) is 5.91 Å². The first-order valence-electron chi connectivity index (χ1n) is 14.4. The maximum absolute atomic E-state index is 14.6. The van der Waals surface area contributed by atoms with Gasteiger partial charge in [-0.05, 0) is 67.6 Å². The van der Waals surface area contributed by atoms with E-state index in [0.717, 1.165) is 16.0 Å². The Kier molecular flexibility index (Phi) is 8.66. The van der Waals surface area contributed by atoms with E-state index in [1.807, 2.05) is 66.9 Å². The summed E-state index contributed by atoms with van der Waals surface area (Å²) in [6, 6.07) is 15.9. The molecule has 0 saturated carbocycles. The van der Waals surface area contributed by atoms with Crippen LogP contribution in [0.15, 0.2) is 69.5 Å². The third-order valence-corrected chi connectivity index (χ3v) is 9.31. The second-order valence-corrected chi connectivity index (χ2v) is 12.4. The molecule has 44 heavy (non-hydrogen) atoms. The number of aryl methyl sites for hydroxylation is 2. The SMILES string of the molecule is CCOc1ccsc1C1=N[C@@H](c2ccc(Cl)cc2)[C@@H](c2ccc(Cl)cc2)N1C(=O)N1CCN(C(=O)c2c(C)noc2C)CC1. The van der Waals surface area contributed by atoms with Crippen molar-refractivity contribution in [2.45, 2.75) is 32.9 Å². The van der Waals surface area contributed by atoms with Gasteiger partial charge in [0.1, 0.15) is 28.0 Å². The van der Waals surface area contributed by atoms with E-state index in [4.69, 9.17) is 37.5 Å². The van der Waals surface area contributed by atoms with Crippen LogP contribution in [0.2, 0.25) is 10.0 Å². The molecule has 6 rings (SSSR count). The van der Waals surface area contributed by atoms with Crippen molar-refractivity contribution in [2.75, 3.05) is 32.8 Å². The van der Waals surface area contributed by atoms with Gasteiger partial charge in [-0.3, -0.25) is 14.7 Å². The van der Waals surface area contributed by atoms with Crippen molar-refractivity contribution in [1.82, 2.24) is 19.9 Å². The highest BCUT2D eigenvalue weighted by atomic mass is 35.5. The molecule has 228 valence electrons. The molecule has 0 unspecified atom stereocenters. The van der Waals surface area contributed by atoms with Gasteiger partial charge < -0.3 is 19.1 Å². The van der Waals surface area contributed by atoms with Gasteiger partial charge in [-0.1, -0.05) is 52.6 Å². The second kappa shape index (κ2) is 12.6. The highest BCUT2D eigenvalue weighted by Gasteiger charge is 2.45. The fraction of sp³-hybridized carbons (Fsp3) is 0.312. The number of hydrogen-bond acceptors (Lipinski definition) is 7. The van der Waals surface area contributed by atoms with Crippen molar-refractivity contribution >= 4 is 52.3 Å². The van der Waals surface area contributed by atoms with Crippen LogP contribution >= 0.6 is 34.5 Å². The van der Waals surface area contributed by atoms with E-state index < -0.39 is 12.1 Å². The lowest BCUT2D eigenvalue weighted by atomic mass is 9.94. The van der Waals surface area contributed by atoms with Crippen LogP contribution in [-0.2, 0) is 0 Å². The number of aliphatic imine (C=N–C) groups is 1. The third kappa shape index (κ3) is 5.69. The lowest BCUT2D eigenvalue weighted by Gasteiger charge is -2.39. The molecular formula is C32H31Cl2N5O4S. The summed E-state index contributed by atoms with van der Waals surface area (Å²) in [6.07, 6.45) is 0. The molecule has 0 spiro atoms. The normalized spacial score (nSPS) is 18.5. The Morgan fingerprint density at radius 3 is 2.14 bits per heavy atom. The zero-order valence-corrected chi connectivity index (χ0v) is 26.8. The summed E-state index contributed by atoms with van der Waals surface area (Å²) in [4.78, 5) is 39.2. The first-order chi connectivity index (χ1) is 21.3. The Balaban J connectivity index is 1.36. The van der Waals surface area contributed by atoms with Crippen molar-refractivity contribution in [3.63, 3.8) is 0 Å². The van der Waals surface area contributed by atoms with Crippen LogP contribution in [0.1, 0.15) is 56.8 Å². The van der Waals surface area contributed by atoms with Gasteiger partial charge in [-0.25, -0.2) is 4.79 Å². The monoisotopic (exact) mass is 651 g/mol. The number of nitrogens with zero attached hydrogens (tertiary/aromatic N) is 5. The number of aromatic nitrogens is 1. The quantitative estimate of drug-likeness (QED) is 0.220. The molecular weight excluding hydrogens is 621 g/mol. The molecule has 4 heterocycles. The van der Waals surface area contributed by atoms with Gasteiger partial charge in [0.15, 0.2) is 5.84 Å². The molecule has 2 aliphatic heterocycles. The van der Waals surface area contributed by atoms with Crippen molar-refractivity contribution in [3.8, 4) is 5.75 Å². The molecule has 9 nitrogen and oxygen atoms in total. The summed E-state index contributed by atoms with van der Waals surface area (Å²) in [7, 11) is 0. The Bertz CT molecular complexity index is 1670. The fourth-order valence-electron chi connectivity index (χ4n) is 5.75. The van der Waals surface area contributed by atoms with Crippen LogP contribution in [0.3, 0.4) is 0 Å². The Morgan fingerprint density at radius 2 is 1.55 bits per heavy atom. The van der Waals surface area contributed by atoms with Crippen LogP contribution in [0.4, 0.5) is 4.79 Å². The Morgan fingerprint density at radius 1 is 0.932 bits per heavy atom. The summed E-state index contributed by atoms with van der Waals surface area (Å²) in [5.41, 5.74) is 2.85. The molecule has 2 aliphatic rings. The van der Waals surface area contributed by atoms with Crippen LogP contribution in [0.5, 0.6) is 5.75 Å². The minimum atomic E-state index is -0.463. The molecule has 4 aromatic rings. The van der Waals surface area contributed by atoms with Crippen LogP contribution < -0.4 is 4.74 Å². The largest absolute Gasteiger partial charge is 0.492 e. The van der Waals surface area contributed by atoms with E-state index in [9.17, 15) is 9.59 Å². The second-order valence-electron chi connectivity index (χ2n) is 10.6. The smallest absolute Gasteiger partial charge is 0.326 e. The maximum Gasteiger partial charge on any atom is 0.326 e. The number of hydrogen-bond donors (Lipinski definition) is 0. The molecule has 0 bridgehead atoms. The van der Waals surface area contributed by atoms with Crippen molar-refractivity contribution in [1.29, 1.82) is 0 Å². The summed E-state index contributed by atoms with van der Waals surface area (Å²) in [5, 5.41) is 7.09. The average Bonchev–Trinajstić information content (AvgIpc) is 3.74. The van der Waals surface area contributed by atoms with E-state index >= 15 is 0 Å². The van der Waals surface area contributed by atoms with Crippen molar-refractivity contribution in [3.05, 3.63) is 103 Å². The number of carbonyl (C=O) groups is 2. The molecule has 12 heteroatoms. The number of amidine groups is 1. The minimum absolute atomic E-state index is 0.140. The predicted molar refractivity (Wildman–Crippen MR) is 171 cm³/mol. The predicted octanol–water partition coefficient (Wildman–Crippen LogP) is 7.18. The van der Waals surface area contributed by atoms with Crippen LogP contribution in [0, 0.1) is 13.8 Å². The van der Waals surface area contributed by atoms with Crippen molar-refractivity contribution < 1.29 is 18.8 Å². The Hall–Kier alpha value is -3.86. The molecule has 2 aromatic carbocycles. The number of halogens is 2. The highest BCUT2D eigenvalue weighted by molar-refractivity contribution is 7.12. The van der Waals surface area contributed by atoms with E-state index in [2.05, 4.69) is 5.16 Å². The molecule has 3 amide bonds. The van der Waals surface area contributed by atoms with Gasteiger partial charge in [0, 0.05) is 36.2 Å². The number of amides is 3. The number of urea groups is 1. The number of rotatable bonds is 6. The van der Waals surface area contributed by atoms with Crippen LogP contribution in [0.25, 0.3) is 0 Å². The lowest BCUT2D eigenvalue weighted by molar-refractivity contribution is 0.0644. The number of ether oxygens (including phenoxy) is 1. The first-order valence-corrected chi connectivity index (χ1v) is 16.0. The Labute approximate surface area is 269 Å². The van der Waals surface area contributed by atoms with E-state index in [0.29, 0.717) is 71.4 Å². The number of thiophene rings is 1. The molecule has 2 aromatic heterocycles. The first kappa shape index (κ1) is 30.2. The molecule has 2 atom stereocenters. The highest BCUT2D eigenvalue weighted by Crippen LogP contribution is 2.46.